The molecule has 2 aromatic carbocycles. The van der Waals surface area contributed by atoms with Gasteiger partial charge in [-0.15, -0.1) is 0 Å². The minimum atomic E-state index is 1.33. The van der Waals surface area contributed by atoms with Gasteiger partial charge in [0.2, 0.25) is 0 Å². The molecule has 0 saturated heterocycles. The summed E-state index contributed by atoms with van der Waals surface area (Å²) < 4.78 is 0. The second kappa shape index (κ2) is 4.61. The molecule has 0 aromatic heterocycles. The van der Waals surface area contributed by atoms with E-state index in [0.717, 1.165) is 0 Å². The van der Waals surface area contributed by atoms with Crippen LogP contribution in [0.1, 0.15) is 33.4 Å². The molecule has 94 valence electrons. The van der Waals surface area contributed by atoms with E-state index in [-0.39, 0.29) is 0 Å². The number of aryl methyl sites for hydroxylation is 4. The molecule has 0 aliphatic rings. The molecule has 0 N–H and O–H groups in total. The van der Waals surface area contributed by atoms with Crippen molar-refractivity contribution in [3.05, 3.63) is 57.6 Å². The topological polar surface area (TPSA) is 0 Å². The van der Waals surface area contributed by atoms with Crippen LogP contribution in [0.3, 0.4) is 0 Å². The molecular formula is C18H22. The lowest BCUT2D eigenvalue weighted by molar-refractivity contribution is 1.23. The Kier molecular flexibility index (Phi) is 3.30. The number of benzene rings is 2. The van der Waals surface area contributed by atoms with Crippen molar-refractivity contribution in [3.8, 4) is 11.1 Å². The molecule has 0 saturated carbocycles. The van der Waals surface area contributed by atoms with E-state index in [1.165, 1.54) is 44.5 Å². The molecule has 0 aliphatic carbocycles. The molecule has 0 nitrogen and oxygen atoms in total. The Hall–Kier alpha value is -1.56. The monoisotopic (exact) mass is 238 g/mol. The molecule has 0 unspecified atom stereocenters. The zero-order valence-electron chi connectivity index (χ0n) is 12.3. The molecule has 0 radical (unpaired) electrons. The van der Waals surface area contributed by atoms with Crippen LogP contribution in [-0.2, 0) is 0 Å². The highest BCUT2D eigenvalue weighted by Crippen LogP contribution is 2.33. The maximum Gasteiger partial charge on any atom is -0.0120 e. The van der Waals surface area contributed by atoms with Crippen LogP contribution < -0.4 is 0 Å². The van der Waals surface area contributed by atoms with E-state index in [4.69, 9.17) is 0 Å². The fourth-order valence-corrected chi connectivity index (χ4v) is 2.70. The predicted octanol–water partition coefficient (Wildman–Crippen LogP) is 5.20. The van der Waals surface area contributed by atoms with Gasteiger partial charge in [-0.05, 0) is 80.5 Å². The summed E-state index contributed by atoms with van der Waals surface area (Å²) in [5.41, 5.74) is 11.1. The smallest absolute Gasteiger partial charge is 0.0120 e. The normalized spacial score (nSPS) is 10.8. The van der Waals surface area contributed by atoms with Gasteiger partial charge in [-0.25, -0.2) is 0 Å². The minimum absolute atomic E-state index is 1.33. The first-order valence-electron chi connectivity index (χ1n) is 6.57. The number of hydrogen-bond donors (Lipinski definition) is 0. The van der Waals surface area contributed by atoms with Crippen molar-refractivity contribution in [1.29, 1.82) is 0 Å². The molecule has 0 amide bonds. The van der Waals surface area contributed by atoms with Crippen LogP contribution in [0.4, 0.5) is 0 Å². The zero-order valence-corrected chi connectivity index (χ0v) is 12.3. The van der Waals surface area contributed by atoms with Gasteiger partial charge in [0, 0.05) is 0 Å². The Bertz CT molecular complexity index is 604. The average molecular weight is 238 g/mol. The summed E-state index contributed by atoms with van der Waals surface area (Å²) in [6, 6.07) is 9.02. The highest BCUT2D eigenvalue weighted by molar-refractivity contribution is 5.75. The summed E-state index contributed by atoms with van der Waals surface area (Å²) in [5, 5.41) is 0. The average Bonchev–Trinajstić information content (AvgIpc) is 2.31. The van der Waals surface area contributed by atoms with E-state index in [2.05, 4.69) is 65.8 Å². The van der Waals surface area contributed by atoms with Gasteiger partial charge in [0.05, 0.1) is 0 Å². The van der Waals surface area contributed by atoms with E-state index < -0.39 is 0 Å². The van der Waals surface area contributed by atoms with Crippen LogP contribution in [0.2, 0.25) is 0 Å². The molecule has 0 heterocycles. The maximum atomic E-state index is 2.30. The fraction of sp³-hybridized carbons (Fsp3) is 0.333. The minimum Gasteiger partial charge on any atom is -0.0590 e. The Balaban J connectivity index is 2.79. The van der Waals surface area contributed by atoms with Crippen molar-refractivity contribution in [1.82, 2.24) is 0 Å². The van der Waals surface area contributed by atoms with E-state index in [0.29, 0.717) is 0 Å². The lowest BCUT2D eigenvalue weighted by atomic mass is 9.87. The SMILES string of the molecule is Cc1ccc(C)c(-c2c(C)cc(C)c(C)c2C)c1. The first-order valence-corrected chi connectivity index (χ1v) is 6.57. The molecule has 0 bridgehead atoms. The highest BCUT2D eigenvalue weighted by Gasteiger charge is 2.12. The van der Waals surface area contributed by atoms with Crippen molar-refractivity contribution in [2.24, 2.45) is 0 Å². The zero-order chi connectivity index (χ0) is 13.4. The quantitative estimate of drug-likeness (QED) is 0.640. The van der Waals surface area contributed by atoms with Crippen LogP contribution in [0.15, 0.2) is 24.3 Å². The Morgan fingerprint density at radius 1 is 0.611 bits per heavy atom. The molecule has 0 spiro atoms. The summed E-state index contributed by atoms with van der Waals surface area (Å²) in [6.07, 6.45) is 0. The van der Waals surface area contributed by atoms with Crippen LogP contribution in [0.5, 0.6) is 0 Å². The van der Waals surface area contributed by atoms with Gasteiger partial charge < -0.3 is 0 Å². The summed E-state index contributed by atoms with van der Waals surface area (Å²) in [4.78, 5) is 0. The highest BCUT2D eigenvalue weighted by atomic mass is 14.2. The summed E-state index contributed by atoms with van der Waals surface area (Å²) in [5.74, 6) is 0. The van der Waals surface area contributed by atoms with Crippen LogP contribution >= 0.6 is 0 Å². The van der Waals surface area contributed by atoms with Gasteiger partial charge in [0.1, 0.15) is 0 Å². The molecule has 18 heavy (non-hydrogen) atoms. The van der Waals surface area contributed by atoms with Gasteiger partial charge in [-0.3, -0.25) is 0 Å². The molecular weight excluding hydrogens is 216 g/mol. The molecule has 2 rings (SSSR count). The van der Waals surface area contributed by atoms with Gasteiger partial charge in [0.25, 0.3) is 0 Å². The van der Waals surface area contributed by atoms with Gasteiger partial charge >= 0.3 is 0 Å². The van der Waals surface area contributed by atoms with Crippen molar-refractivity contribution >= 4 is 0 Å². The maximum absolute atomic E-state index is 2.30. The summed E-state index contributed by atoms with van der Waals surface area (Å²) in [6.45, 7) is 13.2. The van der Waals surface area contributed by atoms with Crippen molar-refractivity contribution < 1.29 is 0 Å². The largest absolute Gasteiger partial charge is 0.0590 e. The Labute approximate surface area is 111 Å². The van der Waals surface area contributed by atoms with Crippen LogP contribution in [-0.4, -0.2) is 0 Å². The standard InChI is InChI=1S/C18H22/c1-11-7-8-12(2)17(9-11)18-14(4)10-13(3)15(5)16(18)6/h7-10H,1-6H3. The second-order valence-corrected chi connectivity index (χ2v) is 5.45. The summed E-state index contributed by atoms with van der Waals surface area (Å²) >= 11 is 0. The van der Waals surface area contributed by atoms with E-state index >= 15 is 0 Å². The van der Waals surface area contributed by atoms with Gasteiger partial charge in [-0.2, -0.15) is 0 Å². The fourth-order valence-electron chi connectivity index (χ4n) is 2.70. The number of rotatable bonds is 1. The van der Waals surface area contributed by atoms with Crippen LogP contribution in [0, 0.1) is 41.5 Å². The van der Waals surface area contributed by atoms with Crippen molar-refractivity contribution in [3.63, 3.8) is 0 Å². The molecule has 0 fully saturated rings. The predicted molar refractivity (Wildman–Crippen MR) is 80.3 cm³/mol. The first-order chi connectivity index (χ1) is 8.41. The van der Waals surface area contributed by atoms with Crippen LogP contribution in [0.25, 0.3) is 11.1 Å². The Morgan fingerprint density at radius 3 is 1.94 bits per heavy atom. The summed E-state index contributed by atoms with van der Waals surface area (Å²) in [7, 11) is 0. The molecule has 0 atom stereocenters. The molecule has 0 aliphatic heterocycles. The third-order valence-electron chi connectivity index (χ3n) is 4.02. The first kappa shape index (κ1) is 12.9. The van der Waals surface area contributed by atoms with Crippen molar-refractivity contribution in [2.75, 3.05) is 0 Å². The molecule has 0 heteroatoms. The Morgan fingerprint density at radius 2 is 1.28 bits per heavy atom. The van der Waals surface area contributed by atoms with Gasteiger partial charge in [0.15, 0.2) is 0 Å². The second-order valence-electron chi connectivity index (χ2n) is 5.45. The van der Waals surface area contributed by atoms with E-state index in [9.17, 15) is 0 Å². The van der Waals surface area contributed by atoms with Gasteiger partial charge in [-0.1, -0.05) is 29.8 Å². The third kappa shape index (κ3) is 2.08. The molecule has 2 aromatic rings. The third-order valence-corrected chi connectivity index (χ3v) is 4.02. The lowest BCUT2D eigenvalue weighted by Crippen LogP contribution is -1.96. The lowest BCUT2D eigenvalue weighted by Gasteiger charge is -2.17. The van der Waals surface area contributed by atoms with E-state index in [1.54, 1.807) is 0 Å². The van der Waals surface area contributed by atoms with E-state index in [1.807, 2.05) is 0 Å². The van der Waals surface area contributed by atoms with Crippen molar-refractivity contribution in [2.45, 2.75) is 41.5 Å². The number of hydrogen-bond acceptors (Lipinski definition) is 0.